The van der Waals surface area contributed by atoms with E-state index in [-0.39, 0.29) is 15.8 Å². The standard InChI is InChI=1S/C36H56P2/c1-33(2,3)38(34(4,5)6)32(31-10-8-7-9-11-31)24-37(35-18-25-12-26(19-35)14-27(13-25)20-35)36-21-28-15-29(22-36)17-30(16-28)23-36/h7-11,25-30,32H,12-24H2,1-6H3. The molecule has 0 radical (unpaired) electrons. The lowest BCUT2D eigenvalue weighted by Gasteiger charge is -2.68. The van der Waals surface area contributed by atoms with E-state index in [1.807, 2.05) is 0 Å². The second-order valence-corrected chi connectivity index (χ2v) is 24.7. The molecule has 0 N–H and O–H groups in total. The molecule has 0 aliphatic heterocycles. The Kier molecular flexibility index (Phi) is 6.59. The minimum Gasteiger partial charge on any atom is -0.0929 e. The van der Waals surface area contributed by atoms with Crippen LogP contribution >= 0.6 is 15.8 Å². The predicted octanol–water partition coefficient (Wildman–Crippen LogP) is 11.2. The highest BCUT2D eigenvalue weighted by molar-refractivity contribution is 7.65. The second kappa shape index (κ2) is 9.29. The fourth-order valence-corrected chi connectivity index (χ4v) is 23.5. The van der Waals surface area contributed by atoms with Gasteiger partial charge < -0.3 is 0 Å². The van der Waals surface area contributed by atoms with Gasteiger partial charge in [0.1, 0.15) is 0 Å². The van der Waals surface area contributed by atoms with Crippen LogP contribution in [0.1, 0.15) is 130 Å². The van der Waals surface area contributed by atoms with Gasteiger partial charge in [0.2, 0.25) is 0 Å². The molecule has 0 nitrogen and oxygen atoms in total. The zero-order chi connectivity index (χ0) is 26.5. The smallest absolute Gasteiger partial charge is 0.00908 e. The molecule has 38 heavy (non-hydrogen) atoms. The van der Waals surface area contributed by atoms with E-state index in [0.29, 0.717) is 10.3 Å². The summed E-state index contributed by atoms with van der Waals surface area (Å²) in [5.74, 6) is 6.51. The molecule has 0 saturated heterocycles. The van der Waals surface area contributed by atoms with Gasteiger partial charge in [-0.05, 0) is 145 Å². The Balaban J connectivity index is 1.35. The molecular formula is C36H56P2. The summed E-state index contributed by atoms with van der Waals surface area (Å²) in [5, 5.41) is 2.22. The molecule has 0 amide bonds. The van der Waals surface area contributed by atoms with Gasteiger partial charge in [0, 0.05) is 5.66 Å². The Morgan fingerprint density at radius 3 is 1.26 bits per heavy atom. The van der Waals surface area contributed by atoms with Crippen LogP contribution in [0.4, 0.5) is 0 Å². The summed E-state index contributed by atoms with van der Waals surface area (Å²) < 4.78 is 0. The van der Waals surface area contributed by atoms with E-state index in [1.165, 1.54) is 0 Å². The van der Waals surface area contributed by atoms with Gasteiger partial charge in [0.15, 0.2) is 0 Å². The maximum atomic E-state index is 2.59. The predicted molar refractivity (Wildman–Crippen MR) is 169 cm³/mol. The summed E-state index contributed by atoms with van der Waals surface area (Å²) in [6.45, 7) is 15.6. The summed E-state index contributed by atoms with van der Waals surface area (Å²) >= 11 is 0. The van der Waals surface area contributed by atoms with E-state index in [1.54, 1.807) is 88.8 Å². The number of rotatable bonds is 6. The van der Waals surface area contributed by atoms with Crippen molar-refractivity contribution in [2.75, 3.05) is 6.16 Å². The van der Waals surface area contributed by atoms with Crippen molar-refractivity contribution in [3.8, 4) is 0 Å². The first kappa shape index (κ1) is 26.9. The minimum absolute atomic E-state index is 0.0176. The fourth-order valence-electron chi connectivity index (χ4n) is 12.8. The molecular weight excluding hydrogens is 494 g/mol. The first-order valence-electron chi connectivity index (χ1n) is 16.5. The molecule has 1 atom stereocenters. The van der Waals surface area contributed by atoms with E-state index in [2.05, 4.69) is 71.9 Å². The zero-order valence-corrected chi connectivity index (χ0v) is 27.3. The lowest BCUT2D eigenvalue weighted by Crippen LogP contribution is -2.57. The highest BCUT2D eigenvalue weighted by Crippen LogP contribution is 2.81. The van der Waals surface area contributed by atoms with Gasteiger partial charge >= 0.3 is 0 Å². The van der Waals surface area contributed by atoms with Crippen LogP contribution < -0.4 is 0 Å². The van der Waals surface area contributed by atoms with Crippen LogP contribution in [-0.4, -0.2) is 26.8 Å². The van der Waals surface area contributed by atoms with E-state index < -0.39 is 0 Å². The topological polar surface area (TPSA) is 0 Å². The Morgan fingerprint density at radius 1 is 0.605 bits per heavy atom. The molecule has 210 valence electrons. The van der Waals surface area contributed by atoms with Crippen molar-refractivity contribution in [1.29, 1.82) is 0 Å². The molecule has 0 aromatic heterocycles. The highest BCUT2D eigenvalue weighted by Gasteiger charge is 2.63. The molecule has 0 heterocycles. The average Bonchev–Trinajstić information content (AvgIpc) is 2.78. The molecule has 8 aliphatic rings. The molecule has 8 aliphatic carbocycles. The Morgan fingerprint density at radius 2 is 0.947 bits per heavy atom. The van der Waals surface area contributed by atoms with Gasteiger partial charge in [0.25, 0.3) is 0 Å². The summed E-state index contributed by atoms with van der Waals surface area (Å²) in [6.07, 6.45) is 21.0. The molecule has 2 heteroatoms. The maximum absolute atomic E-state index is 2.59. The quantitative estimate of drug-likeness (QED) is 0.309. The van der Waals surface area contributed by atoms with E-state index >= 15 is 0 Å². The molecule has 0 spiro atoms. The zero-order valence-electron chi connectivity index (χ0n) is 25.5. The van der Waals surface area contributed by atoms with Crippen LogP contribution in [0.15, 0.2) is 30.3 Å². The molecule has 8 fully saturated rings. The SMILES string of the molecule is CC(C)(C)P(C(CP(C12CC3CC(CC(C3)C1)C2)C12CC3CC(CC(C3)C1)C2)c1ccccc1)C(C)(C)C. The van der Waals surface area contributed by atoms with Crippen molar-refractivity contribution in [3.05, 3.63) is 35.9 Å². The molecule has 1 aromatic carbocycles. The van der Waals surface area contributed by atoms with Crippen LogP contribution in [0.2, 0.25) is 0 Å². The van der Waals surface area contributed by atoms with Gasteiger partial charge in [-0.25, -0.2) is 0 Å². The monoisotopic (exact) mass is 550 g/mol. The lowest BCUT2D eigenvalue weighted by molar-refractivity contribution is 0.0185. The van der Waals surface area contributed by atoms with Crippen LogP contribution in [0.3, 0.4) is 0 Å². The highest BCUT2D eigenvalue weighted by atomic mass is 31.1. The fraction of sp³-hybridized carbons (Fsp3) is 0.833. The maximum Gasteiger partial charge on any atom is 0.00908 e. The summed E-state index contributed by atoms with van der Waals surface area (Å²) in [7, 11) is -0.164. The summed E-state index contributed by atoms with van der Waals surface area (Å²) in [4.78, 5) is 0. The third kappa shape index (κ3) is 4.62. The van der Waals surface area contributed by atoms with Gasteiger partial charge in [0.05, 0.1) is 0 Å². The minimum atomic E-state index is -0.181. The molecule has 1 aromatic rings. The van der Waals surface area contributed by atoms with Gasteiger partial charge in [-0.15, -0.1) is 0 Å². The van der Waals surface area contributed by atoms with Crippen LogP contribution in [0, 0.1) is 35.5 Å². The Labute approximate surface area is 237 Å². The van der Waals surface area contributed by atoms with Gasteiger partial charge in [-0.1, -0.05) is 87.7 Å². The Bertz CT molecular complexity index is 881. The third-order valence-electron chi connectivity index (χ3n) is 12.5. The molecule has 9 rings (SSSR count). The van der Waals surface area contributed by atoms with Crippen molar-refractivity contribution in [3.63, 3.8) is 0 Å². The number of hydrogen-bond acceptors (Lipinski definition) is 0. The van der Waals surface area contributed by atoms with Crippen molar-refractivity contribution >= 4 is 15.8 Å². The number of hydrogen-bond donors (Lipinski definition) is 0. The van der Waals surface area contributed by atoms with Crippen molar-refractivity contribution in [1.82, 2.24) is 0 Å². The van der Waals surface area contributed by atoms with E-state index in [9.17, 15) is 0 Å². The first-order chi connectivity index (χ1) is 17.9. The van der Waals surface area contributed by atoms with E-state index in [4.69, 9.17) is 0 Å². The first-order valence-corrected chi connectivity index (χ1v) is 19.5. The van der Waals surface area contributed by atoms with Crippen LogP contribution in [0.25, 0.3) is 0 Å². The normalized spacial score (nSPS) is 43.1. The lowest BCUT2D eigenvalue weighted by atomic mass is 9.55. The van der Waals surface area contributed by atoms with Crippen LogP contribution in [0.5, 0.6) is 0 Å². The van der Waals surface area contributed by atoms with Crippen molar-refractivity contribution in [2.24, 2.45) is 35.5 Å². The average molecular weight is 551 g/mol. The number of benzene rings is 1. The molecule has 8 bridgehead atoms. The second-order valence-electron chi connectivity index (χ2n) is 17.5. The van der Waals surface area contributed by atoms with Crippen LogP contribution in [-0.2, 0) is 0 Å². The van der Waals surface area contributed by atoms with Gasteiger partial charge in [-0.3, -0.25) is 0 Å². The summed E-state index contributed by atoms with van der Waals surface area (Å²) in [6, 6.07) is 12.1. The van der Waals surface area contributed by atoms with Crippen molar-refractivity contribution < 1.29 is 0 Å². The van der Waals surface area contributed by atoms with Crippen molar-refractivity contribution in [2.45, 2.75) is 145 Å². The third-order valence-corrected chi connectivity index (χ3v) is 20.9. The Hall–Kier alpha value is 0.0800. The van der Waals surface area contributed by atoms with E-state index in [0.717, 1.165) is 51.5 Å². The molecule has 8 saturated carbocycles. The largest absolute Gasteiger partial charge is 0.0929 e. The van der Waals surface area contributed by atoms with Gasteiger partial charge in [-0.2, -0.15) is 0 Å². The molecule has 1 unspecified atom stereocenters. The summed E-state index contributed by atoms with van der Waals surface area (Å²) in [5.41, 5.74) is 2.46.